The van der Waals surface area contributed by atoms with Crippen LogP contribution >= 0.6 is 0 Å². The van der Waals surface area contributed by atoms with Gasteiger partial charge in [0.2, 0.25) is 0 Å². The van der Waals surface area contributed by atoms with Crippen molar-refractivity contribution in [1.82, 2.24) is 0 Å². The molecule has 1 unspecified atom stereocenters. The topological polar surface area (TPSA) is 69.9 Å². The second-order valence-corrected chi connectivity index (χ2v) is 10.8. The summed E-state index contributed by atoms with van der Waals surface area (Å²) in [5, 5.41) is 32.2. The third-order valence-corrected chi connectivity index (χ3v) is 9.82. The molecule has 4 aliphatic carbocycles. The van der Waals surface area contributed by atoms with Gasteiger partial charge in [0.15, 0.2) is 0 Å². The van der Waals surface area contributed by atoms with Crippen LogP contribution in [-0.2, 0) is 4.74 Å². The molecular formula is C23H40O4. The third kappa shape index (κ3) is 2.93. The lowest BCUT2D eigenvalue weighted by molar-refractivity contribution is -0.167. The van der Waals surface area contributed by atoms with Crippen molar-refractivity contribution in [3.63, 3.8) is 0 Å². The van der Waals surface area contributed by atoms with E-state index in [0.29, 0.717) is 18.4 Å². The Bertz CT molecular complexity index is 552. The monoisotopic (exact) mass is 380 g/mol. The summed E-state index contributed by atoms with van der Waals surface area (Å²) >= 11 is 0. The summed E-state index contributed by atoms with van der Waals surface area (Å²) in [5.74, 6) is 3.42. The Labute approximate surface area is 164 Å². The molecule has 4 aliphatic rings. The van der Waals surface area contributed by atoms with Crippen molar-refractivity contribution in [3.05, 3.63) is 0 Å². The van der Waals surface area contributed by atoms with E-state index in [9.17, 15) is 15.3 Å². The van der Waals surface area contributed by atoms with E-state index in [1.54, 1.807) is 7.11 Å². The van der Waals surface area contributed by atoms with Crippen molar-refractivity contribution in [2.45, 2.75) is 82.8 Å². The molecule has 0 amide bonds. The number of hydrogen-bond acceptors (Lipinski definition) is 4. The van der Waals surface area contributed by atoms with Gasteiger partial charge in [0.25, 0.3) is 0 Å². The van der Waals surface area contributed by atoms with Crippen LogP contribution in [0.2, 0.25) is 0 Å². The van der Waals surface area contributed by atoms with E-state index < -0.39 is 11.2 Å². The second-order valence-electron chi connectivity index (χ2n) is 10.8. The predicted molar refractivity (Wildman–Crippen MR) is 105 cm³/mol. The fourth-order valence-electron chi connectivity index (χ4n) is 8.37. The number of aliphatic hydroxyl groups excluding tert-OH is 1. The Morgan fingerprint density at radius 2 is 1.70 bits per heavy atom. The molecule has 0 bridgehead atoms. The maximum atomic E-state index is 11.6. The highest BCUT2D eigenvalue weighted by molar-refractivity contribution is 5.13. The Balaban J connectivity index is 1.52. The van der Waals surface area contributed by atoms with E-state index in [2.05, 4.69) is 6.92 Å². The van der Waals surface area contributed by atoms with Gasteiger partial charge in [0.1, 0.15) is 0 Å². The second kappa shape index (κ2) is 6.97. The van der Waals surface area contributed by atoms with Gasteiger partial charge in [-0.1, -0.05) is 13.8 Å². The van der Waals surface area contributed by atoms with Crippen molar-refractivity contribution in [2.24, 2.45) is 40.9 Å². The standard InChI is InChI=1S/C23H40O4/c1-15(13-24)23(26)11-8-20-19-5-4-16-12-22(25,14-27-3)10-7-17(16)18(19)6-9-21(20,23)2/h15-20,24-26H,4-14H2,1-3H3/t15?,16-,17-,18+,19+,20-,21-,22+,23-/m0/s1. The van der Waals surface area contributed by atoms with Gasteiger partial charge < -0.3 is 20.1 Å². The maximum Gasteiger partial charge on any atom is 0.0882 e. The average Bonchev–Trinajstić information content (AvgIpc) is 2.93. The van der Waals surface area contributed by atoms with Gasteiger partial charge in [0.05, 0.1) is 17.8 Å². The number of hydrogen-bond donors (Lipinski definition) is 3. The lowest BCUT2D eigenvalue weighted by Crippen LogP contribution is -2.57. The number of methoxy groups -OCH3 is 1. The first-order chi connectivity index (χ1) is 12.8. The first kappa shape index (κ1) is 20.1. The molecule has 4 nitrogen and oxygen atoms in total. The van der Waals surface area contributed by atoms with Gasteiger partial charge in [-0.05, 0) is 92.8 Å². The molecule has 0 heterocycles. The Morgan fingerprint density at radius 1 is 0.963 bits per heavy atom. The fourth-order valence-corrected chi connectivity index (χ4v) is 8.37. The number of rotatable bonds is 4. The van der Waals surface area contributed by atoms with Gasteiger partial charge in [-0.15, -0.1) is 0 Å². The molecule has 0 aromatic heterocycles. The van der Waals surface area contributed by atoms with Crippen molar-refractivity contribution < 1.29 is 20.1 Å². The molecule has 0 radical (unpaired) electrons. The SMILES string of the molecule is COC[C@@]1(O)CC[C@H]2[C@@H](CC[C@@H]3[C@@H]2CC[C@@]2(C)[C@H]3CC[C@]2(O)C(C)CO)C1. The molecular weight excluding hydrogens is 340 g/mol. The first-order valence-corrected chi connectivity index (χ1v) is 11.3. The molecule has 27 heavy (non-hydrogen) atoms. The summed E-state index contributed by atoms with van der Waals surface area (Å²) in [4.78, 5) is 0. The molecule has 4 fully saturated rings. The van der Waals surface area contributed by atoms with Crippen LogP contribution in [0.5, 0.6) is 0 Å². The van der Waals surface area contributed by atoms with Gasteiger partial charge >= 0.3 is 0 Å². The van der Waals surface area contributed by atoms with Crippen LogP contribution in [0.1, 0.15) is 71.6 Å². The maximum absolute atomic E-state index is 11.6. The first-order valence-electron chi connectivity index (χ1n) is 11.3. The van der Waals surface area contributed by atoms with E-state index in [1.807, 2.05) is 6.92 Å². The van der Waals surface area contributed by atoms with Crippen molar-refractivity contribution >= 4 is 0 Å². The summed E-state index contributed by atoms with van der Waals surface area (Å²) in [5.41, 5.74) is -1.37. The summed E-state index contributed by atoms with van der Waals surface area (Å²) in [6, 6.07) is 0. The molecule has 0 aromatic rings. The normalized spacial score (nSPS) is 53.3. The van der Waals surface area contributed by atoms with Crippen LogP contribution in [0.15, 0.2) is 0 Å². The zero-order chi connectivity index (χ0) is 19.4. The van der Waals surface area contributed by atoms with Crippen molar-refractivity contribution in [3.8, 4) is 0 Å². The Kier molecular flexibility index (Phi) is 5.19. The minimum absolute atomic E-state index is 0.0425. The average molecular weight is 381 g/mol. The minimum atomic E-state index is -0.709. The van der Waals surface area contributed by atoms with E-state index in [0.717, 1.165) is 56.3 Å². The van der Waals surface area contributed by atoms with Crippen molar-refractivity contribution in [1.29, 1.82) is 0 Å². The van der Waals surface area contributed by atoms with E-state index >= 15 is 0 Å². The highest BCUT2D eigenvalue weighted by atomic mass is 16.5. The lowest BCUT2D eigenvalue weighted by Gasteiger charge is -2.58. The molecule has 4 heteroatoms. The van der Waals surface area contributed by atoms with E-state index in [-0.39, 0.29) is 17.9 Å². The molecule has 0 aliphatic heterocycles. The smallest absolute Gasteiger partial charge is 0.0882 e. The third-order valence-electron chi connectivity index (χ3n) is 9.82. The number of ether oxygens (including phenoxy) is 1. The van der Waals surface area contributed by atoms with E-state index in [4.69, 9.17) is 4.74 Å². The highest BCUT2D eigenvalue weighted by Crippen LogP contribution is 2.66. The van der Waals surface area contributed by atoms with Crippen LogP contribution < -0.4 is 0 Å². The highest BCUT2D eigenvalue weighted by Gasteiger charge is 2.64. The quantitative estimate of drug-likeness (QED) is 0.699. The van der Waals surface area contributed by atoms with Crippen LogP contribution in [-0.4, -0.2) is 46.8 Å². The van der Waals surface area contributed by atoms with Crippen LogP contribution in [0.25, 0.3) is 0 Å². The van der Waals surface area contributed by atoms with Crippen LogP contribution in [0.4, 0.5) is 0 Å². The zero-order valence-electron chi connectivity index (χ0n) is 17.5. The Hall–Kier alpha value is -0.160. The number of aliphatic hydroxyl groups is 3. The molecule has 0 saturated heterocycles. The van der Waals surface area contributed by atoms with Crippen molar-refractivity contribution in [2.75, 3.05) is 20.3 Å². The van der Waals surface area contributed by atoms with Gasteiger partial charge in [-0.3, -0.25) is 0 Å². The molecule has 156 valence electrons. The zero-order valence-corrected chi connectivity index (χ0v) is 17.5. The lowest BCUT2D eigenvalue weighted by atomic mass is 9.48. The molecule has 0 spiro atoms. The van der Waals surface area contributed by atoms with Crippen LogP contribution in [0.3, 0.4) is 0 Å². The number of fused-ring (bicyclic) bond motifs is 5. The summed E-state index contributed by atoms with van der Waals surface area (Å²) in [6.07, 6.45) is 9.64. The molecule has 3 N–H and O–H groups in total. The largest absolute Gasteiger partial charge is 0.396 e. The molecule has 0 aromatic carbocycles. The van der Waals surface area contributed by atoms with Gasteiger partial charge in [0, 0.05) is 19.6 Å². The van der Waals surface area contributed by atoms with E-state index in [1.165, 1.54) is 19.3 Å². The molecule has 9 atom stereocenters. The summed E-state index contributed by atoms with van der Waals surface area (Å²) < 4.78 is 5.30. The molecule has 4 saturated carbocycles. The summed E-state index contributed by atoms with van der Waals surface area (Å²) in [7, 11) is 1.69. The van der Waals surface area contributed by atoms with Gasteiger partial charge in [-0.2, -0.15) is 0 Å². The van der Waals surface area contributed by atoms with Gasteiger partial charge in [-0.25, -0.2) is 0 Å². The predicted octanol–water partition coefficient (Wildman–Crippen LogP) is 3.38. The fraction of sp³-hybridized carbons (Fsp3) is 1.00. The summed E-state index contributed by atoms with van der Waals surface area (Å²) in [6.45, 7) is 4.89. The Morgan fingerprint density at radius 3 is 2.41 bits per heavy atom. The molecule has 4 rings (SSSR count). The minimum Gasteiger partial charge on any atom is -0.396 e. The van der Waals surface area contributed by atoms with Crippen LogP contribution in [0, 0.1) is 40.9 Å².